The van der Waals surface area contributed by atoms with Crippen LogP contribution in [0.5, 0.6) is 11.5 Å². The van der Waals surface area contributed by atoms with Crippen molar-refractivity contribution in [3.63, 3.8) is 0 Å². The molecule has 0 spiro atoms. The van der Waals surface area contributed by atoms with Crippen LogP contribution in [0.15, 0.2) is 12.1 Å². The van der Waals surface area contributed by atoms with Crippen molar-refractivity contribution in [2.75, 3.05) is 13.2 Å². The lowest BCUT2D eigenvalue weighted by molar-refractivity contribution is 0.287. The van der Waals surface area contributed by atoms with Gasteiger partial charge in [-0.15, -0.1) is 0 Å². The Hall–Kier alpha value is -0.930. The molecule has 1 aromatic rings. The van der Waals surface area contributed by atoms with Crippen LogP contribution in [0.2, 0.25) is 5.02 Å². The number of epoxide rings is 1. The van der Waals surface area contributed by atoms with Gasteiger partial charge in [0.1, 0.15) is 0 Å². The zero-order valence-electron chi connectivity index (χ0n) is 13.3. The normalized spacial score (nSPS) is 22.0. The number of halogens is 1. The fourth-order valence-corrected chi connectivity index (χ4v) is 2.98. The van der Waals surface area contributed by atoms with E-state index in [0.29, 0.717) is 31.3 Å². The molecule has 4 heteroatoms. The molecule has 1 aliphatic rings. The summed E-state index contributed by atoms with van der Waals surface area (Å²) >= 11 is 6.47. The predicted octanol–water partition coefficient (Wildman–Crippen LogP) is 4.81. The van der Waals surface area contributed by atoms with E-state index in [9.17, 15) is 0 Å². The smallest absolute Gasteiger partial charge is 0.162 e. The van der Waals surface area contributed by atoms with Gasteiger partial charge in [-0.1, -0.05) is 18.5 Å². The van der Waals surface area contributed by atoms with Crippen LogP contribution in [-0.4, -0.2) is 25.4 Å². The van der Waals surface area contributed by atoms with Gasteiger partial charge in [-0.2, -0.15) is 0 Å². The Morgan fingerprint density at radius 1 is 1.14 bits per heavy atom. The van der Waals surface area contributed by atoms with E-state index in [1.165, 1.54) is 0 Å². The maximum atomic E-state index is 6.47. The van der Waals surface area contributed by atoms with E-state index in [2.05, 4.69) is 13.8 Å². The lowest BCUT2D eigenvalue weighted by Crippen LogP contribution is -2.06. The third-order valence-corrected chi connectivity index (χ3v) is 4.28. The second-order valence-corrected chi connectivity index (χ2v) is 5.81. The molecule has 1 heterocycles. The largest absolute Gasteiger partial charge is 0.490 e. The molecular formula is C17H25ClO3. The Balaban J connectivity index is 2.25. The molecule has 0 N–H and O–H groups in total. The molecule has 0 amide bonds. The second kappa shape index (κ2) is 7.37. The van der Waals surface area contributed by atoms with E-state index in [1.807, 2.05) is 26.0 Å². The van der Waals surface area contributed by atoms with Crippen molar-refractivity contribution in [2.24, 2.45) is 0 Å². The number of benzene rings is 1. The first kappa shape index (κ1) is 16.4. The molecule has 21 heavy (non-hydrogen) atoms. The Bertz CT molecular complexity index is 475. The standard InChI is InChI=1S/C17H25ClO3/c1-5-12(8-15-11(4)21-15)13-9-16(19-6-2)17(20-7-3)10-14(13)18/h9-12,15H,5-8H2,1-4H3. The molecule has 0 radical (unpaired) electrons. The Morgan fingerprint density at radius 3 is 2.19 bits per heavy atom. The first-order valence-corrected chi connectivity index (χ1v) is 8.22. The summed E-state index contributed by atoms with van der Waals surface area (Å²) in [6.45, 7) is 9.44. The lowest BCUT2D eigenvalue weighted by atomic mass is 9.91. The molecule has 3 unspecified atom stereocenters. The van der Waals surface area contributed by atoms with Crippen molar-refractivity contribution >= 4 is 11.6 Å². The zero-order chi connectivity index (χ0) is 15.4. The summed E-state index contributed by atoms with van der Waals surface area (Å²) in [4.78, 5) is 0. The van der Waals surface area contributed by atoms with Crippen LogP contribution in [0.1, 0.15) is 52.0 Å². The summed E-state index contributed by atoms with van der Waals surface area (Å²) in [6.07, 6.45) is 2.79. The molecule has 1 aromatic carbocycles. The van der Waals surface area contributed by atoms with Gasteiger partial charge >= 0.3 is 0 Å². The monoisotopic (exact) mass is 312 g/mol. The van der Waals surface area contributed by atoms with Gasteiger partial charge in [-0.25, -0.2) is 0 Å². The van der Waals surface area contributed by atoms with E-state index in [4.69, 9.17) is 25.8 Å². The number of hydrogen-bond donors (Lipinski definition) is 0. The molecule has 1 saturated heterocycles. The third-order valence-electron chi connectivity index (χ3n) is 3.95. The van der Waals surface area contributed by atoms with Crippen molar-refractivity contribution in [1.29, 1.82) is 0 Å². The lowest BCUT2D eigenvalue weighted by Gasteiger charge is -2.19. The topological polar surface area (TPSA) is 31.0 Å². The van der Waals surface area contributed by atoms with Gasteiger partial charge in [0, 0.05) is 11.1 Å². The van der Waals surface area contributed by atoms with Gasteiger partial charge in [0.25, 0.3) is 0 Å². The van der Waals surface area contributed by atoms with Crippen LogP contribution in [-0.2, 0) is 4.74 Å². The van der Waals surface area contributed by atoms with Crippen LogP contribution < -0.4 is 9.47 Å². The molecule has 1 fully saturated rings. The first-order chi connectivity index (χ1) is 10.1. The van der Waals surface area contributed by atoms with Crippen LogP contribution in [0.4, 0.5) is 0 Å². The Morgan fingerprint density at radius 2 is 1.71 bits per heavy atom. The van der Waals surface area contributed by atoms with E-state index in [-0.39, 0.29) is 0 Å². The van der Waals surface area contributed by atoms with E-state index < -0.39 is 0 Å². The summed E-state index contributed by atoms with van der Waals surface area (Å²) in [5.41, 5.74) is 1.13. The third kappa shape index (κ3) is 4.04. The van der Waals surface area contributed by atoms with Crippen LogP contribution >= 0.6 is 11.6 Å². The highest BCUT2D eigenvalue weighted by Gasteiger charge is 2.36. The average Bonchev–Trinajstić information content (AvgIpc) is 3.15. The number of ether oxygens (including phenoxy) is 3. The fraction of sp³-hybridized carbons (Fsp3) is 0.647. The van der Waals surface area contributed by atoms with Crippen molar-refractivity contribution in [3.05, 3.63) is 22.7 Å². The SMILES string of the molecule is CCOc1cc(Cl)c(C(CC)CC2OC2C)cc1OCC. The molecule has 3 atom stereocenters. The fourth-order valence-electron chi connectivity index (χ4n) is 2.67. The van der Waals surface area contributed by atoms with Crippen LogP contribution in [0, 0.1) is 0 Å². The van der Waals surface area contributed by atoms with Gasteiger partial charge in [0.2, 0.25) is 0 Å². The summed E-state index contributed by atoms with van der Waals surface area (Å²) in [5, 5.41) is 0.752. The van der Waals surface area contributed by atoms with Gasteiger partial charge in [0.05, 0.1) is 25.4 Å². The minimum absolute atomic E-state index is 0.369. The van der Waals surface area contributed by atoms with Gasteiger partial charge in [-0.05, 0) is 51.2 Å². The molecule has 1 aliphatic heterocycles. The van der Waals surface area contributed by atoms with E-state index >= 15 is 0 Å². The molecule has 0 saturated carbocycles. The Labute approximate surface area is 132 Å². The molecule has 0 aliphatic carbocycles. The molecule has 0 bridgehead atoms. The van der Waals surface area contributed by atoms with Gasteiger partial charge in [0.15, 0.2) is 11.5 Å². The molecule has 0 aromatic heterocycles. The molecule has 3 nitrogen and oxygen atoms in total. The first-order valence-electron chi connectivity index (χ1n) is 7.85. The minimum atomic E-state index is 0.369. The van der Waals surface area contributed by atoms with Gasteiger partial charge < -0.3 is 14.2 Å². The minimum Gasteiger partial charge on any atom is -0.490 e. The van der Waals surface area contributed by atoms with Gasteiger partial charge in [-0.3, -0.25) is 0 Å². The highest BCUT2D eigenvalue weighted by Crippen LogP contribution is 2.41. The van der Waals surface area contributed by atoms with Crippen molar-refractivity contribution in [2.45, 2.75) is 58.7 Å². The van der Waals surface area contributed by atoms with Crippen molar-refractivity contribution in [1.82, 2.24) is 0 Å². The molecular weight excluding hydrogens is 288 g/mol. The predicted molar refractivity (Wildman–Crippen MR) is 85.8 cm³/mol. The van der Waals surface area contributed by atoms with E-state index in [1.54, 1.807) is 0 Å². The molecule has 2 rings (SSSR count). The number of rotatable bonds is 8. The summed E-state index contributed by atoms with van der Waals surface area (Å²) < 4.78 is 16.9. The maximum Gasteiger partial charge on any atom is 0.162 e. The van der Waals surface area contributed by atoms with E-state index in [0.717, 1.165) is 34.9 Å². The average molecular weight is 313 g/mol. The maximum absolute atomic E-state index is 6.47. The van der Waals surface area contributed by atoms with Crippen molar-refractivity contribution < 1.29 is 14.2 Å². The molecule has 118 valence electrons. The number of hydrogen-bond acceptors (Lipinski definition) is 3. The zero-order valence-corrected chi connectivity index (χ0v) is 14.1. The quantitative estimate of drug-likeness (QED) is 0.645. The summed E-state index contributed by atoms with van der Waals surface area (Å²) in [5.74, 6) is 1.89. The van der Waals surface area contributed by atoms with Crippen molar-refractivity contribution in [3.8, 4) is 11.5 Å². The highest BCUT2D eigenvalue weighted by molar-refractivity contribution is 6.31. The Kier molecular flexibility index (Phi) is 5.77. The summed E-state index contributed by atoms with van der Waals surface area (Å²) in [6, 6.07) is 3.92. The van der Waals surface area contributed by atoms with Crippen LogP contribution in [0.25, 0.3) is 0 Å². The second-order valence-electron chi connectivity index (χ2n) is 5.41. The highest BCUT2D eigenvalue weighted by atomic mass is 35.5. The summed E-state index contributed by atoms with van der Waals surface area (Å²) in [7, 11) is 0. The van der Waals surface area contributed by atoms with Crippen LogP contribution in [0.3, 0.4) is 0 Å².